The van der Waals surface area contributed by atoms with E-state index in [2.05, 4.69) is 55.2 Å². The molecule has 2 atom stereocenters. The Kier molecular flexibility index (Phi) is 6.91. The summed E-state index contributed by atoms with van der Waals surface area (Å²) in [5.41, 5.74) is 1.18. The lowest BCUT2D eigenvalue weighted by atomic mass is 10.0. The second-order valence-corrected chi connectivity index (χ2v) is 5.08. The van der Waals surface area contributed by atoms with Crippen molar-refractivity contribution in [2.75, 3.05) is 26.7 Å². The van der Waals surface area contributed by atoms with Crippen molar-refractivity contribution in [1.82, 2.24) is 15.2 Å². The Morgan fingerprint density at radius 1 is 1.33 bits per heavy atom. The zero-order valence-electron chi connectivity index (χ0n) is 12.2. The quantitative estimate of drug-likeness (QED) is 0.765. The number of nitrogens with zero attached hydrogens (tertiary/aromatic N) is 2. The molecule has 0 aromatic carbocycles. The fourth-order valence-corrected chi connectivity index (χ4v) is 2.02. The summed E-state index contributed by atoms with van der Waals surface area (Å²) >= 11 is 0. The Balaban J connectivity index is 2.33. The van der Waals surface area contributed by atoms with Gasteiger partial charge in [-0.3, -0.25) is 4.98 Å². The normalized spacial score (nSPS) is 14.7. The Morgan fingerprint density at radius 2 is 2.11 bits per heavy atom. The molecule has 0 saturated heterocycles. The summed E-state index contributed by atoms with van der Waals surface area (Å²) in [5, 5.41) is 3.42. The standard InChI is InChI=1S/C15H27N3/c1-5-16-12-13(2)14(3)18(4)11-9-15-8-6-7-10-17-15/h6-8,10,13-14,16H,5,9,11-12H2,1-4H3. The molecule has 3 nitrogen and oxygen atoms in total. The maximum Gasteiger partial charge on any atom is 0.0416 e. The Bertz CT molecular complexity index is 313. The van der Waals surface area contributed by atoms with Gasteiger partial charge in [-0.15, -0.1) is 0 Å². The van der Waals surface area contributed by atoms with Crippen LogP contribution in [0.1, 0.15) is 26.5 Å². The number of pyridine rings is 1. The van der Waals surface area contributed by atoms with Gasteiger partial charge in [-0.05, 0) is 45.1 Å². The van der Waals surface area contributed by atoms with E-state index in [9.17, 15) is 0 Å². The van der Waals surface area contributed by atoms with E-state index in [0.29, 0.717) is 12.0 Å². The van der Waals surface area contributed by atoms with E-state index in [0.717, 1.165) is 26.1 Å². The Morgan fingerprint density at radius 3 is 2.72 bits per heavy atom. The molecule has 0 fully saturated rings. The average molecular weight is 249 g/mol. The number of nitrogens with one attached hydrogen (secondary N) is 1. The van der Waals surface area contributed by atoms with Crippen LogP contribution in [0.3, 0.4) is 0 Å². The third kappa shape index (κ3) is 5.15. The van der Waals surface area contributed by atoms with Gasteiger partial charge in [0.15, 0.2) is 0 Å². The number of likely N-dealkylation sites (N-methyl/N-ethyl adjacent to an activating group) is 1. The smallest absolute Gasteiger partial charge is 0.0416 e. The molecule has 0 radical (unpaired) electrons. The van der Waals surface area contributed by atoms with Gasteiger partial charge in [-0.1, -0.05) is 19.9 Å². The molecule has 1 rings (SSSR count). The van der Waals surface area contributed by atoms with E-state index in [1.807, 2.05) is 12.3 Å². The molecule has 1 N–H and O–H groups in total. The van der Waals surface area contributed by atoms with Crippen molar-refractivity contribution in [1.29, 1.82) is 0 Å². The minimum atomic E-state index is 0.591. The minimum Gasteiger partial charge on any atom is -0.317 e. The third-order valence-electron chi connectivity index (χ3n) is 3.68. The lowest BCUT2D eigenvalue weighted by Gasteiger charge is -2.30. The van der Waals surface area contributed by atoms with Gasteiger partial charge in [0.2, 0.25) is 0 Å². The Hall–Kier alpha value is -0.930. The molecule has 0 saturated carbocycles. The fraction of sp³-hybridized carbons (Fsp3) is 0.667. The number of hydrogen-bond donors (Lipinski definition) is 1. The molecule has 1 heterocycles. The highest BCUT2D eigenvalue weighted by molar-refractivity contribution is 5.03. The zero-order valence-corrected chi connectivity index (χ0v) is 12.2. The summed E-state index contributed by atoms with van der Waals surface area (Å²) in [7, 11) is 2.20. The van der Waals surface area contributed by atoms with Gasteiger partial charge in [-0.2, -0.15) is 0 Å². The first kappa shape index (κ1) is 15.1. The van der Waals surface area contributed by atoms with Gasteiger partial charge in [0, 0.05) is 30.9 Å². The second-order valence-electron chi connectivity index (χ2n) is 5.08. The fourth-order valence-electron chi connectivity index (χ4n) is 2.02. The maximum atomic E-state index is 4.37. The van der Waals surface area contributed by atoms with Crippen molar-refractivity contribution >= 4 is 0 Å². The number of aromatic nitrogens is 1. The molecule has 0 aliphatic carbocycles. The highest BCUT2D eigenvalue weighted by Gasteiger charge is 2.16. The summed E-state index contributed by atoms with van der Waals surface area (Å²) < 4.78 is 0. The summed E-state index contributed by atoms with van der Waals surface area (Å²) in [6.07, 6.45) is 2.89. The number of hydrogen-bond acceptors (Lipinski definition) is 3. The molecule has 3 heteroatoms. The van der Waals surface area contributed by atoms with Crippen molar-refractivity contribution in [3.63, 3.8) is 0 Å². The van der Waals surface area contributed by atoms with E-state index in [1.165, 1.54) is 5.69 Å². The molecule has 0 bridgehead atoms. The van der Waals surface area contributed by atoms with E-state index < -0.39 is 0 Å². The maximum absolute atomic E-state index is 4.37. The monoisotopic (exact) mass is 249 g/mol. The van der Waals surface area contributed by atoms with E-state index in [4.69, 9.17) is 0 Å². The molecular weight excluding hydrogens is 222 g/mol. The van der Waals surface area contributed by atoms with Crippen molar-refractivity contribution in [2.24, 2.45) is 5.92 Å². The summed E-state index contributed by atoms with van der Waals surface area (Å²) in [6, 6.07) is 6.71. The molecule has 0 aliphatic rings. The third-order valence-corrected chi connectivity index (χ3v) is 3.68. The molecule has 1 aromatic rings. The van der Waals surface area contributed by atoms with Crippen LogP contribution in [0.4, 0.5) is 0 Å². The van der Waals surface area contributed by atoms with Gasteiger partial charge >= 0.3 is 0 Å². The van der Waals surface area contributed by atoms with Crippen LogP contribution < -0.4 is 5.32 Å². The van der Waals surface area contributed by atoms with Crippen molar-refractivity contribution in [3.8, 4) is 0 Å². The largest absolute Gasteiger partial charge is 0.317 e. The summed E-state index contributed by atoms with van der Waals surface area (Å²) in [4.78, 5) is 6.79. The van der Waals surface area contributed by atoms with Crippen LogP contribution in [-0.4, -0.2) is 42.6 Å². The van der Waals surface area contributed by atoms with E-state index >= 15 is 0 Å². The van der Waals surface area contributed by atoms with Crippen LogP contribution in [0, 0.1) is 5.92 Å². The van der Waals surface area contributed by atoms with Gasteiger partial charge in [0.25, 0.3) is 0 Å². The SMILES string of the molecule is CCNCC(C)C(C)N(C)CCc1ccccn1. The van der Waals surface area contributed by atoms with Gasteiger partial charge in [-0.25, -0.2) is 0 Å². The molecular formula is C15H27N3. The summed E-state index contributed by atoms with van der Waals surface area (Å²) in [6.45, 7) is 9.97. The molecule has 2 unspecified atom stereocenters. The Labute approximate surface area is 112 Å². The highest BCUT2D eigenvalue weighted by Crippen LogP contribution is 2.09. The van der Waals surface area contributed by atoms with Gasteiger partial charge in [0.1, 0.15) is 0 Å². The first-order valence-corrected chi connectivity index (χ1v) is 6.96. The first-order valence-electron chi connectivity index (χ1n) is 6.96. The van der Waals surface area contributed by atoms with Gasteiger partial charge in [0.05, 0.1) is 0 Å². The zero-order chi connectivity index (χ0) is 13.4. The van der Waals surface area contributed by atoms with Crippen LogP contribution in [0.25, 0.3) is 0 Å². The lowest BCUT2D eigenvalue weighted by Crippen LogP contribution is -2.39. The second kappa shape index (κ2) is 8.22. The predicted molar refractivity (Wildman–Crippen MR) is 77.7 cm³/mol. The average Bonchev–Trinajstić information content (AvgIpc) is 2.42. The van der Waals surface area contributed by atoms with Crippen LogP contribution in [-0.2, 0) is 6.42 Å². The summed E-state index contributed by atoms with van der Waals surface area (Å²) in [5.74, 6) is 0.665. The minimum absolute atomic E-state index is 0.591. The predicted octanol–water partition coefficient (Wildman–Crippen LogP) is 2.19. The molecule has 18 heavy (non-hydrogen) atoms. The molecule has 0 spiro atoms. The van der Waals surface area contributed by atoms with E-state index in [-0.39, 0.29) is 0 Å². The van der Waals surface area contributed by atoms with Crippen molar-refractivity contribution < 1.29 is 0 Å². The van der Waals surface area contributed by atoms with Crippen LogP contribution in [0.2, 0.25) is 0 Å². The topological polar surface area (TPSA) is 28.2 Å². The molecule has 0 aliphatic heterocycles. The van der Waals surface area contributed by atoms with Crippen molar-refractivity contribution in [2.45, 2.75) is 33.2 Å². The lowest BCUT2D eigenvalue weighted by molar-refractivity contribution is 0.198. The molecule has 102 valence electrons. The highest BCUT2D eigenvalue weighted by atomic mass is 15.1. The van der Waals surface area contributed by atoms with Gasteiger partial charge < -0.3 is 10.2 Å². The van der Waals surface area contributed by atoms with Crippen LogP contribution in [0.15, 0.2) is 24.4 Å². The number of rotatable bonds is 8. The van der Waals surface area contributed by atoms with Crippen LogP contribution >= 0.6 is 0 Å². The van der Waals surface area contributed by atoms with E-state index in [1.54, 1.807) is 0 Å². The van der Waals surface area contributed by atoms with Crippen LogP contribution in [0.5, 0.6) is 0 Å². The molecule has 1 aromatic heterocycles. The molecule has 0 amide bonds. The van der Waals surface area contributed by atoms with Crippen molar-refractivity contribution in [3.05, 3.63) is 30.1 Å². The first-order chi connectivity index (χ1) is 8.65.